The van der Waals surface area contributed by atoms with Crippen LogP contribution in [0.15, 0.2) is 48.5 Å². The molecule has 0 fully saturated rings. The third-order valence-electron chi connectivity index (χ3n) is 3.70. The number of hydrogen-bond acceptors (Lipinski definition) is 2. The molecular weight excluding hydrogens is 248 g/mol. The van der Waals surface area contributed by atoms with Crippen LogP contribution in [0.5, 0.6) is 0 Å². The van der Waals surface area contributed by atoms with Crippen molar-refractivity contribution in [3.8, 4) is 0 Å². The van der Waals surface area contributed by atoms with E-state index in [1.807, 2.05) is 26.1 Å². The lowest BCUT2D eigenvalue weighted by atomic mass is 10.0. The van der Waals surface area contributed by atoms with Gasteiger partial charge in [-0.25, -0.2) is 0 Å². The van der Waals surface area contributed by atoms with Crippen molar-refractivity contribution in [3.05, 3.63) is 65.2 Å². The van der Waals surface area contributed by atoms with Gasteiger partial charge in [0.05, 0.1) is 6.04 Å². The number of nitrogens with zero attached hydrogens (tertiary/aromatic N) is 1. The maximum atomic E-state index is 12.5. The van der Waals surface area contributed by atoms with Gasteiger partial charge in [0.25, 0.3) is 5.91 Å². The van der Waals surface area contributed by atoms with Crippen LogP contribution >= 0.6 is 0 Å². The first-order valence-electron chi connectivity index (χ1n) is 6.69. The molecule has 2 rings (SSSR count). The number of benzene rings is 2. The molecule has 0 aliphatic rings. The van der Waals surface area contributed by atoms with E-state index in [1.165, 1.54) is 11.1 Å². The van der Waals surface area contributed by atoms with Crippen LogP contribution in [-0.2, 0) is 0 Å². The molecule has 0 saturated carbocycles. The van der Waals surface area contributed by atoms with E-state index in [2.05, 4.69) is 19.1 Å². The Bertz CT molecular complexity index is 605. The Balaban J connectivity index is 2.22. The Morgan fingerprint density at radius 3 is 2.30 bits per heavy atom. The zero-order valence-corrected chi connectivity index (χ0v) is 12.1. The minimum Gasteiger partial charge on any atom is -0.399 e. The average molecular weight is 268 g/mol. The zero-order valence-electron chi connectivity index (χ0n) is 12.1. The number of aryl methyl sites for hydroxylation is 1. The van der Waals surface area contributed by atoms with Crippen LogP contribution < -0.4 is 5.73 Å². The molecule has 0 saturated heterocycles. The minimum atomic E-state index is 0.000697. The van der Waals surface area contributed by atoms with Gasteiger partial charge in [-0.2, -0.15) is 0 Å². The van der Waals surface area contributed by atoms with Gasteiger partial charge in [-0.3, -0.25) is 4.79 Å². The highest BCUT2D eigenvalue weighted by Crippen LogP contribution is 2.23. The van der Waals surface area contributed by atoms with Crippen LogP contribution in [0.2, 0.25) is 0 Å². The highest BCUT2D eigenvalue weighted by atomic mass is 16.2. The van der Waals surface area contributed by atoms with Gasteiger partial charge < -0.3 is 10.6 Å². The second-order valence-electron chi connectivity index (χ2n) is 5.07. The SMILES string of the molecule is Cc1ccccc1[C@@H](C)N(C)C(=O)c1ccc(N)cc1. The minimum absolute atomic E-state index is 0.000697. The zero-order chi connectivity index (χ0) is 14.7. The lowest BCUT2D eigenvalue weighted by molar-refractivity contribution is 0.0742. The highest BCUT2D eigenvalue weighted by molar-refractivity contribution is 5.94. The second-order valence-corrected chi connectivity index (χ2v) is 5.07. The van der Waals surface area contributed by atoms with Crippen molar-refractivity contribution in [1.82, 2.24) is 4.90 Å². The Labute approximate surface area is 120 Å². The first kappa shape index (κ1) is 14.1. The molecule has 104 valence electrons. The van der Waals surface area contributed by atoms with Gasteiger partial charge in [0.15, 0.2) is 0 Å². The van der Waals surface area contributed by atoms with E-state index >= 15 is 0 Å². The summed E-state index contributed by atoms with van der Waals surface area (Å²) >= 11 is 0. The largest absolute Gasteiger partial charge is 0.399 e. The van der Waals surface area contributed by atoms with E-state index in [0.29, 0.717) is 11.3 Å². The molecule has 2 aromatic carbocycles. The standard InChI is InChI=1S/C17H20N2O/c1-12-6-4-5-7-16(12)13(2)19(3)17(20)14-8-10-15(18)11-9-14/h4-11,13H,18H2,1-3H3/t13-/m1/s1. The Morgan fingerprint density at radius 2 is 1.70 bits per heavy atom. The topological polar surface area (TPSA) is 46.3 Å². The Hall–Kier alpha value is -2.29. The Morgan fingerprint density at radius 1 is 1.10 bits per heavy atom. The lowest BCUT2D eigenvalue weighted by Crippen LogP contribution is -2.30. The van der Waals surface area contributed by atoms with Crippen molar-refractivity contribution >= 4 is 11.6 Å². The van der Waals surface area contributed by atoms with Crippen LogP contribution in [0, 0.1) is 6.92 Å². The maximum absolute atomic E-state index is 12.5. The maximum Gasteiger partial charge on any atom is 0.254 e. The monoisotopic (exact) mass is 268 g/mol. The molecule has 0 aliphatic heterocycles. The van der Waals surface area contributed by atoms with Crippen LogP contribution in [0.4, 0.5) is 5.69 Å². The van der Waals surface area contributed by atoms with Gasteiger partial charge >= 0.3 is 0 Å². The molecule has 1 atom stereocenters. The molecule has 3 heteroatoms. The predicted molar refractivity (Wildman–Crippen MR) is 82.5 cm³/mol. The number of amides is 1. The number of anilines is 1. The van der Waals surface area contributed by atoms with Crippen LogP contribution in [-0.4, -0.2) is 17.9 Å². The molecule has 2 N–H and O–H groups in total. The summed E-state index contributed by atoms with van der Waals surface area (Å²) in [6.07, 6.45) is 0. The predicted octanol–water partition coefficient (Wildman–Crippen LogP) is 3.41. The van der Waals surface area contributed by atoms with E-state index in [1.54, 1.807) is 29.2 Å². The van der Waals surface area contributed by atoms with E-state index in [9.17, 15) is 4.79 Å². The van der Waals surface area contributed by atoms with E-state index < -0.39 is 0 Å². The van der Waals surface area contributed by atoms with Crippen molar-refractivity contribution < 1.29 is 4.79 Å². The fourth-order valence-corrected chi connectivity index (χ4v) is 2.27. The number of nitrogen functional groups attached to an aromatic ring is 1. The molecule has 0 heterocycles. The smallest absolute Gasteiger partial charge is 0.254 e. The molecule has 3 nitrogen and oxygen atoms in total. The molecule has 2 aromatic rings. The van der Waals surface area contributed by atoms with Crippen molar-refractivity contribution in [2.75, 3.05) is 12.8 Å². The summed E-state index contributed by atoms with van der Waals surface area (Å²) in [5, 5.41) is 0. The number of hydrogen-bond donors (Lipinski definition) is 1. The average Bonchev–Trinajstić information content (AvgIpc) is 2.46. The number of rotatable bonds is 3. The molecule has 0 aliphatic carbocycles. The summed E-state index contributed by atoms with van der Waals surface area (Å²) in [6.45, 7) is 4.10. The quantitative estimate of drug-likeness (QED) is 0.867. The van der Waals surface area contributed by atoms with Crippen molar-refractivity contribution in [1.29, 1.82) is 0 Å². The van der Waals surface area contributed by atoms with Gasteiger partial charge in [0.1, 0.15) is 0 Å². The molecule has 20 heavy (non-hydrogen) atoms. The van der Waals surface area contributed by atoms with E-state index in [-0.39, 0.29) is 11.9 Å². The van der Waals surface area contributed by atoms with Crippen molar-refractivity contribution in [2.24, 2.45) is 0 Å². The van der Waals surface area contributed by atoms with Crippen LogP contribution in [0.1, 0.15) is 34.5 Å². The van der Waals surface area contributed by atoms with Gasteiger partial charge in [0.2, 0.25) is 0 Å². The summed E-state index contributed by atoms with van der Waals surface area (Å²) in [7, 11) is 1.83. The van der Waals surface area contributed by atoms with Gasteiger partial charge in [-0.05, 0) is 49.2 Å². The fraction of sp³-hybridized carbons (Fsp3) is 0.235. The highest BCUT2D eigenvalue weighted by Gasteiger charge is 2.19. The normalized spacial score (nSPS) is 11.9. The lowest BCUT2D eigenvalue weighted by Gasteiger charge is -2.26. The molecule has 0 radical (unpaired) electrons. The molecule has 1 amide bonds. The van der Waals surface area contributed by atoms with Crippen LogP contribution in [0.3, 0.4) is 0 Å². The first-order chi connectivity index (χ1) is 9.50. The number of carbonyl (C=O) groups excluding carboxylic acids is 1. The third kappa shape index (κ3) is 2.82. The van der Waals surface area contributed by atoms with Crippen molar-refractivity contribution in [3.63, 3.8) is 0 Å². The summed E-state index contributed by atoms with van der Waals surface area (Å²) in [4.78, 5) is 14.2. The van der Waals surface area contributed by atoms with E-state index in [4.69, 9.17) is 5.73 Å². The van der Waals surface area contributed by atoms with Gasteiger partial charge in [-0.1, -0.05) is 24.3 Å². The molecule has 0 bridgehead atoms. The first-order valence-corrected chi connectivity index (χ1v) is 6.69. The van der Waals surface area contributed by atoms with Gasteiger partial charge in [-0.15, -0.1) is 0 Å². The number of nitrogens with two attached hydrogens (primary N) is 1. The summed E-state index contributed by atoms with van der Waals surface area (Å²) < 4.78 is 0. The fourth-order valence-electron chi connectivity index (χ4n) is 2.27. The summed E-state index contributed by atoms with van der Waals surface area (Å²) in [5.74, 6) is 0.000697. The Kier molecular flexibility index (Phi) is 4.08. The molecule has 0 spiro atoms. The van der Waals surface area contributed by atoms with Gasteiger partial charge in [0, 0.05) is 18.3 Å². The summed E-state index contributed by atoms with van der Waals surface area (Å²) in [5.41, 5.74) is 9.32. The second kappa shape index (κ2) is 5.78. The summed E-state index contributed by atoms with van der Waals surface area (Å²) in [6, 6.07) is 15.2. The third-order valence-corrected chi connectivity index (χ3v) is 3.70. The van der Waals surface area contributed by atoms with E-state index in [0.717, 1.165) is 0 Å². The number of carbonyl (C=O) groups is 1. The van der Waals surface area contributed by atoms with Crippen molar-refractivity contribution in [2.45, 2.75) is 19.9 Å². The molecular formula is C17H20N2O. The molecule has 0 unspecified atom stereocenters. The van der Waals surface area contributed by atoms with Crippen LogP contribution in [0.25, 0.3) is 0 Å². The molecule has 0 aromatic heterocycles.